The third kappa shape index (κ3) is 18.3. The number of ketones is 2. The van der Waals surface area contributed by atoms with Gasteiger partial charge in [-0.3, -0.25) is 9.59 Å². The van der Waals surface area contributed by atoms with Gasteiger partial charge in [-0.15, -0.1) is 0 Å². The van der Waals surface area contributed by atoms with E-state index in [4.69, 9.17) is 15.3 Å². The molecule has 0 unspecified atom stereocenters. The van der Waals surface area contributed by atoms with Crippen LogP contribution < -0.4 is 0 Å². The number of aliphatic hydroxyl groups excluding tert-OH is 3. The number of hydrogen-bond donors (Lipinski definition) is 3. The lowest BCUT2D eigenvalue weighted by atomic mass is 10.2. The van der Waals surface area contributed by atoms with E-state index < -0.39 is 6.10 Å². The van der Waals surface area contributed by atoms with Crippen LogP contribution in [0.15, 0.2) is 0 Å². The Morgan fingerprint density at radius 3 is 1.38 bits per heavy atom. The van der Waals surface area contributed by atoms with Crippen LogP contribution in [-0.4, -0.2) is 46.2 Å². The summed E-state index contributed by atoms with van der Waals surface area (Å²) < 4.78 is 0. The van der Waals surface area contributed by atoms with Crippen LogP contribution in [-0.2, 0) is 9.59 Å². The lowest BCUT2D eigenvalue weighted by Crippen LogP contribution is -2.15. The van der Waals surface area contributed by atoms with Crippen LogP contribution in [0.25, 0.3) is 0 Å². The van der Waals surface area contributed by atoms with Crippen LogP contribution in [0.2, 0.25) is 0 Å². The molecule has 5 heteroatoms. The van der Waals surface area contributed by atoms with Crippen LogP contribution in [0.1, 0.15) is 20.3 Å². The maximum Gasteiger partial charge on any atom is 0.137 e. The molecule has 0 atom stereocenters. The van der Waals surface area contributed by atoms with Crippen molar-refractivity contribution < 1.29 is 24.9 Å². The van der Waals surface area contributed by atoms with Gasteiger partial charge >= 0.3 is 0 Å². The number of Topliss-reactive ketones (excluding diaryl/α,β-unsaturated/α-hetero) is 2. The number of aliphatic hydroxyl groups is 3. The Bertz CT molecular complexity index is 139. The van der Waals surface area contributed by atoms with Gasteiger partial charge in [-0.05, 0) is 13.8 Å². The molecular weight excluding hydrogens is 176 g/mol. The molecule has 78 valence electrons. The van der Waals surface area contributed by atoms with Crippen LogP contribution in [0.4, 0.5) is 0 Å². The Hall–Kier alpha value is -0.780. The number of rotatable bonds is 4. The first-order valence-corrected chi connectivity index (χ1v) is 3.82. The van der Waals surface area contributed by atoms with Gasteiger partial charge in [0.2, 0.25) is 0 Å². The van der Waals surface area contributed by atoms with E-state index in [0.717, 1.165) is 0 Å². The Labute approximate surface area is 77.0 Å². The second-order valence-corrected chi connectivity index (χ2v) is 2.60. The summed E-state index contributed by atoms with van der Waals surface area (Å²) in [6.45, 7) is 2.08. The number of carbonyl (C=O) groups excluding carboxylic acids is 2. The molecule has 0 amide bonds. The van der Waals surface area contributed by atoms with Gasteiger partial charge in [0.25, 0.3) is 0 Å². The molecule has 0 saturated heterocycles. The zero-order chi connectivity index (χ0) is 10.9. The van der Waals surface area contributed by atoms with E-state index >= 15 is 0 Å². The Balaban J connectivity index is 0. The average Bonchev–Trinajstić information content (AvgIpc) is 2.01. The molecule has 0 aromatic rings. The monoisotopic (exact) mass is 192 g/mol. The smallest absolute Gasteiger partial charge is 0.137 e. The number of carbonyl (C=O) groups is 2. The van der Waals surface area contributed by atoms with Gasteiger partial charge in [-0.25, -0.2) is 0 Å². The minimum absolute atomic E-state index is 0.0625. The molecule has 0 radical (unpaired) electrons. The first-order valence-electron chi connectivity index (χ1n) is 3.82. The van der Waals surface area contributed by atoms with Crippen LogP contribution >= 0.6 is 0 Å². The van der Waals surface area contributed by atoms with E-state index in [1.165, 1.54) is 13.8 Å². The molecule has 0 saturated carbocycles. The van der Waals surface area contributed by atoms with Gasteiger partial charge in [0.1, 0.15) is 17.7 Å². The summed E-state index contributed by atoms with van der Waals surface area (Å²) in [5.74, 6) is -0.125. The van der Waals surface area contributed by atoms with Gasteiger partial charge in [0.15, 0.2) is 0 Å². The number of hydrogen-bond acceptors (Lipinski definition) is 5. The molecule has 0 aromatic carbocycles. The lowest BCUT2D eigenvalue weighted by Gasteiger charge is -1.96. The SMILES string of the molecule is CC(=O)CC(C)=O.OCC(O)CO. The fourth-order valence-corrected chi connectivity index (χ4v) is 0.408. The molecule has 0 spiro atoms. The van der Waals surface area contributed by atoms with Crippen molar-refractivity contribution in [1.29, 1.82) is 0 Å². The Kier molecular flexibility index (Phi) is 10.5. The Morgan fingerprint density at radius 2 is 1.38 bits per heavy atom. The summed E-state index contributed by atoms with van der Waals surface area (Å²) in [6, 6.07) is 0. The van der Waals surface area contributed by atoms with E-state index in [1.807, 2.05) is 0 Å². The zero-order valence-electron chi connectivity index (χ0n) is 7.86. The summed E-state index contributed by atoms with van der Waals surface area (Å²) in [6.07, 6.45) is -0.870. The molecule has 0 aliphatic rings. The van der Waals surface area contributed by atoms with Crippen molar-refractivity contribution >= 4 is 11.6 Å². The molecule has 0 aliphatic carbocycles. The highest BCUT2D eigenvalue weighted by molar-refractivity contribution is 5.96. The van der Waals surface area contributed by atoms with E-state index in [-0.39, 0.29) is 31.2 Å². The highest BCUT2D eigenvalue weighted by Crippen LogP contribution is 1.80. The Morgan fingerprint density at radius 1 is 1.08 bits per heavy atom. The maximum absolute atomic E-state index is 10.0. The first kappa shape index (κ1) is 14.7. The fourth-order valence-electron chi connectivity index (χ4n) is 0.408. The summed E-state index contributed by atoms with van der Waals surface area (Å²) in [4.78, 5) is 20.1. The third-order valence-electron chi connectivity index (χ3n) is 0.919. The van der Waals surface area contributed by atoms with Crippen molar-refractivity contribution in [2.24, 2.45) is 0 Å². The molecule has 0 aromatic heterocycles. The average molecular weight is 192 g/mol. The molecule has 0 fully saturated rings. The van der Waals surface area contributed by atoms with E-state index in [0.29, 0.717) is 0 Å². The zero-order valence-corrected chi connectivity index (χ0v) is 7.86. The molecule has 0 aliphatic heterocycles. The summed E-state index contributed by atoms with van der Waals surface area (Å²) in [5.41, 5.74) is 0. The predicted octanol–water partition coefficient (Wildman–Crippen LogP) is -1.11. The fraction of sp³-hybridized carbons (Fsp3) is 0.750. The first-order chi connectivity index (χ1) is 5.93. The predicted molar refractivity (Wildman–Crippen MR) is 46.2 cm³/mol. The minimum Gasteiger partial charge on any atom is -0.394 e. The van der Waals surface area contributed by atoms with Gasteiger partial charge in [-0.2, -0.15) is 0 Å². The highest BCUT2D eigenvalue weighted by Gasteiger charge is 1.95. The quantitative estimate of drug-likeness (QED) is 0.491. The van der Waals surface area contributed by atoms with Gasteiger partial charge in [-0.1, -0.05) is 0 Å². The summed E-state index contributed by atoms with van der Waals surface area (Å²) in [5, 5.41) is 24.0. The van der Waals surface area contributed by atoms with Crippen molar-refractivity contribution in [3.8, 4) is 0 Å². The van der Waals surface area contributed by atoms with E-state index in [1.54, 1.807) is 0 Å². The topological polar surface area (TPSA) is 94.8 Å². The largest absolute Gasteiger partial charge is 0.394 e. The molecular formula is C8H16O5. The second kappa shape index (κ2) is 9.31. The maximum atomic E-state index is 10.0. The highest BCUT2D eigenvalue weighted by atomic mass is 16.3. The molecule has 5 nitrogen and oxygen atoms in total. The van der Waals surface area contributed by atoms with Crippen molar-refractivity contribution in [2.75, 3.05) is 13.2 Å². The molecule has 0 rings (SSSR count). The molecule has 13 heavy (non-hydrogen) atoms. The van der Waals surface area contributed by atoms with E-state index in [9.17, 15) is 9.59 Å². The molecule has 0 heterocycles. The standard InChI is InChI=1S/C5H8O2.C3H8O3/c1-4(6)3-5(2)7;4-1-3(6)2-5/h3H2,1-2H3;3-6H,1-2H2. The minimum atomic E-state index is -0.954. The summed E-state index contributed by atoms with van der Waals surface area (Å²) >= 11 is 0. The van der Waals surface area contributed by atoms with Crippen molar-refractivity contribution in [3.63, 3.8) is 0 Å². The van der Waals surface area contributed by atoms with Crippen molar-refractivity contribution in [3.05, 3.63) is 0 Å². The van der Waals surface area contributed by atoms with Crippen molar-refractivity contribution in [1.82, 2.24) is 0 Å². The molecule has 0 bridgehead atoms. The van der Waals surface area contributed by atoms with Crippen LogP contribution in [0.5, 0.6) is 0 Å². The van der Waals surface area contributed by atoms with Gasteiger partial charge in [0, 0.05) is 0 Å². The lowest BCUT2D eigenvalue weighted by molar-refractivity contribution is -0.124. The van der Waals surface area contributed by atoms with Crippen LogP contribution in [0.3, 0.4) is 0 Å². The van der Waals surface area contributed by atoms with Crippen molar-refractivity contribution in [2.45, 2.75) is 26.4 Å². The third-order valence-corrected chi connectivity index (χ3v) is 0.919. The van der Waals surface area contributed by atoms with Gasteiger partial charge < -0.3 is 15.3 Å². The second-order valence-electron chi connectivity index (χ2n) is 2.60. The normalized spacial score (nSPS) is 9.08. The summed E-state index contributed by atoms with van der Waals surface area (Å²) in [7, 11) is 0. The van der Waals surface area contributed by atoms with Gasteiger partial charge in [0.05, 0.1) is 19.6 Å². The molecule has 3 N–H and O–H groups in total. The van der Waals surface area contributed by atoms with E-state index in [2.05, 4.69) is 0 Å². The van der Waals surface area contributed by atoms with Crippen LogP contribution in [0, 0.1) is 0 Å².